The number of nitrogens with zero attached hydrogens (tertiary/aromatic N) is 4. The van der Waals surface area contributed by atoms with Crippen LogP contribution in [0.4, 0.5) is 39.8 Å². The van der Waals surface area contributed by atoms with Gasteiger partial charge in [0.05, 0.1) is 45.7 Å². The molecule has 2 aromatic heterocycles. The molecule has 0 aliphatic carbocycles. The fourth-order valence-electron chi connectivity index (χ4n) is 9.61. The SMILES string of the molecule is [C-]#[N+]c1ccc(N(c2ccc([Si](C)(C)C)cc2)c2cc3oc4ccc5oc6cc(N(c7ccc(C#N)cc7)c7ccc([Si](C)(C)C)cc7)c7ccccc7c6c5c4c3c3ccccc23)cc1. The van der Waals surface area contributed by atoms with Gasteiger partial charge in [0.15, 0.2) is 5.69 Å². The maximum Gasteiger partial charge on any atom is 0.187 e. The minimum atomic E-state index is -1.55. The third-order valence-electron chi connectivity index (χ3n) is 13.0. The lowest BCUT2D eigenvalue weighted by atomic mass is 9.96. The lowest BCUT2D eigenvalue weighted by Gasteiger charge is -2.28. The van der Waals surface area contributed by atoms with Crippen LogP contribution in [0.2, 0.25) is 39.3 Å². The number of hydrogen-bond acceptors (Lipinski definition) is 5. The van der Waals surface area contributed by atoms with Gasteiger partial charge < -0.3 is 18.6 Å². The van der Waals surface area contributed by atoms with Crippen molar-refractivity contribution in [3.05, 3.63) is 187 Å². The Balaban J connectivity index is 1.17. The van der Waals surface area contributed by atoms with E-state index in [4.69, 9.17) is 15.4 Å². The van der Waals surface area contributed by atoms with Gasteiger partial charge in [-0.2, -0.15) is 5.26 Å². The summed E-state index contributed by atoms with van der Waals surface area (Å²) in [7, 11) is -3.10. The minimum absolute atomic E-state index is 0.597. The van der Waals surface area contributed by atoms with E-state index in [0.717, 1.165) is 99.5 Å². The standard InChI is InChI=1S/C58H46N4O2Si2/c1-60-38-18-22-40(23-19-38)62(42-26-30-44(31-27-42)66(5,6)7)50-35-54-56(48-15-11-9-13-46(48)50)58-52(64-54)33-32-51-57(58)55-47-14-10-8-12-45(47)49(34-53(55)63-51)61(39-20-16-37(36-59)17-21-39)41-24-28-43(29-25-41)65(2,3)4/h8-35H,2-7H3. The Morgan fingerprint density at radius 1 is 0.439 bits per heavy atom. The van der Waals surface area contributed by atoms with Crippen LogP contribution in [0.3, 0.4) is 0 Å². The zero-order chi connectivity index (χ0) is 45.5. The van der Waals surface area contributed by atoms with Crippen molar-refractivity contribution >= 4 is 132 Å². The first kappa shape index (κ1) is 40.9. The molecule has 0 radical (unpaired) electrons. The molecule has 0 aliphatic heterocycles. The van der Waals surface area contributed by atoms with E-state index in [1.54, 1.807) is 0 Å². The monoisotopic (exact) mass is 886 g/mol. The summed E-state index contributed by atoms with van der Waals surface area (Å²) in [6.07, 6.45) is 0. The highest BCUT2D eigenvalue weighted by Crippen LogP contribution is 2.50. The van der Waals surface area contributed by atoms with Crippen LogP contribution in [0.5, 0.6) is 0 Å². The molecule has 9 aromatic carbocycles. The van der Waals surface area contributed by atoms with Crippen molar-refractivity contribution in [2.24, 2.45) is 0 Å². The van der Waals surface area contributed by atoms with Gasteiger partial charge in [0.2, 0.25) is 0 Å². The lowest BCUT2D eigenvalue weighted by molar-refractivity contribution is 0.663. The molecule has 66 heavy (non-hydrogen) atoms. The second kappa shape index (κ2) is 15.4. The van der Waals surface area contributed by atoms with Crippen LogP contribution in [0.15, 0.2) is 179 Å². The number of rotatable bonds is 8. The van der Waals surface area contributed by atoms with E-state index in [9.17, 15) is 5.26 Å². The highest BCUT2D eigenvalue weighted by Gasteiger charge is 2.27. The molecule has 11 rings (SSSR count). The lowest BCUT2D eigenvalue weighted by Crippen LogP contribution is -2.37. The topological polar surface area (TPSA) is 60.9 Å². The molecule has 0 bridgehead atoms. The Bertz CT molecular complexity index is 3540. The van der Waals surface area contributed by atoms with Crippen molar-refractivity contribution in [1.82, 2.24) is 0 Å². The van der Waals surface area contributed by atoms with Crippen LogP contribution in [0, 0.1) is 17.9 Å². The molecular formula is C58H46N4O2Si2. The van der Waals surface area contributed by atoms with Crippen molar-refractivity contribution in [3.63, 3.8) is 0 Å². The molecule has 0 fully saturated rings. The molecule has 2 heterocycles. The van der Waals surface area contributed by atoms with E-state index >= 15 is 0 Å². The molecule has 0 N–H and O–H groups in total. The predicted octanol–water partition coefficient (Wildman–Crippen LogP) is 16.2. The Labute approximate surface area is 386 Å². The van der Waals surface area contributed by atoms with Crippen LogP contribution in [-0.2, 0) is 0 Å². The van der Waals surface area contributed by atoms with Gasteiger partial charge in [0.1, 0.15) is 22.3 Å². The molecule has 0 saturated heterocycles. The smallest absolute Gasteiger partial charge is 0.187 e. The maximum atomic E-state index is 9.71. The Morgan fingerprint density at radius 3 is 1.17 bits per heavy atom. The summed E-state index contributed by atoms with van der Waals surface area (Å²) >= 11 is 0. The zero-order valence-corrected chi connectivity index (χ0v) is 39.8. The molecule has 318 valence electrons. The second-order valence-electron chi connectivity index (χ2n) is 19.2. The van der Waals surface area contributed by atoms with Crippen LogP contribution in [-0.4, -0.2) is 16.1 Å². The zero-order valence-electron chi connectivity index (χ0n) is 37.8. The average Bonchev–Trinajstić information content (AvgIpc) is 3.90. The molecule has 6 nitrogen and oxygen atoms in total. The number of anilines is 6. The number of furan rings is 2. The summed E-state index contributed by atoms with van der Waals surface area (Å²) in [5, 5.41) is 20.9. The highest BCUT2D eigenvalue weighted by atomic mass is 28.3. The van der Waals surface area contributed by atoms with E-state index in [1.165, 1.54) is 10.4 Å². The molecule has 0 spiro atoms. The van der Waals surface area contributed by atoms with E-state index < -0.39 is 16.1 Å². The van der Waals surface area contributed by atoms with Crippen LogP contribution in [0.1, 0.15) is 5.56 Å². The summed E-state index contributed by atoms with van der Waals surface area (Å²) in [6, 6.07) is 61.5. The van der Waals surface area contributed by atoms with E-state index in [-0.39, 0.29) is 0 Å². The van der Waals surface area contributed by atoms with Gasteiger partial charge in [-0.25, -0.2) is 4.85 Å². The first-order valence-electron chi connectivity index (χ1n) is 22.3. The quantitative estimate of drug-likeness (QED) is 0.112. The fourth-order valence-corrected chi connectivity index (χ4v) is 11.9. The summed E-state index contributed by atoms with van der Waals surface area (Å²) in [4.78, 5) is 8.25. The maximum absolute atomic E-state index is 9.71. The van der Waals surface area contributed by atoms with Crippen LogP contribution < -0.4 is 20.2 Å². The predicted molar refractivity (Wildman–Crippen MR) is 282 cm³/mol. The molecule has 11 aromatic rings. The minimum Gasteiger partial charge on any atom is -0.456 e. The Hall–Kier alpha value is -7.89. The van der Waals surface area contributed by atoms with Crippen molar-refractivity contribution < 1.29 is 8.83 Å². The highest BCUT2D eigenvalue weighted by molar-refractivity contribution is 6.89. The number of hydrogen-bond donors (Lipinski definition) is 0. The molecule has 0 unspecified atom stereocenters. The van der Waals surface area contributed by atoms with E-state index in [1.807, 2.05) is 60.7 Å². The normalized spacial score (nSPS) is 12.1. The van der Waals surface area contributed by atoms with Crippen molar-refractivity contribution in [1.29, 1.82) is 5.26 Å². The van der Waals surface area contributed by atoms with Crippen molar-refractivity contribution in [2.75, 3.05) is 9.80 Å². The fraction of sp³-hybridized carbons (Fsp3) is 0.103. The van der Waals surface area contributed by atoms with Gasteiger partial charge in [-0.1, -0.05) is 135 Å². The number of fused-ring (bicyclic) bond motifs is 11. The van der Waals surface area contributed by atoms with E-state index in [0.29, 0.717) is 11.3 Å². The van der Waals surface area contributed by atoms with Gasteiger partial charge in [-0.05, 0) is 83.6 Å². The Kier molecular flexibility index (Phi) is 9.52. The van der Waals surface area contributed by atoms with Gasteiger partial charge in [-0.3, -0.25) is 0 Å². The molecule has 0 atom stereocenters. The summed E-state index contributed by atoms with van der Waals surface area (Å²) in [5.41, 5.74) is 10.2. The van der Waals surface area contributed by atoms with Gasteiger partial charge in [-0.15, -0.1) is 0 Å². The molecule has 0 aliphatic rings. The van der Waals surface area contributed by atoms with Gasteiger partial charge in [0, 0.05) is 67.2 Å². The van der Waals surface area contributed by atoms with E-state index in [2.05, 4.69) is 169 Å². The van der Waals surface area contributed by atoms with Crippen LogP contribution in [0.25, 0.3) is 70.3 Å². The first-order chi connectivity index (χ1) is 31.9. The second-order valence-corrected chi connectivity index (χ2v) is 29.4. The third-order valence-corrected chi connectivity index (χ3v) is 17.1. The Morgan fingerprint density at radius 2 is 0.803 bits per heavy atom. The summed E-state index contributed by atoms with van der Waals surface area (Å²) in [6.45, 7) is 21.9. The summed E-state index contributed by atoms with van der Waals surface area (Å²) < 4.78 is 13.9. The molecular weight excluding hydrogens is 841 g/mol. The van der Waals surface area contributed by atoms with Crippen molar-refractivity contribution in [3.8, 4) is 6.07 Å². The van der Waals surface area contributed by atoms with Crippen LogP contribution >= 0.6 is 0 Å². The summed E-state index contributed by atoms with van der Waals surface area (Å²) in [5.74, 6) is 0. The average molecular weight is 887 g/mol. The van der Waals surface area contributed by atoms with Gasteiger partial charge in [0.25, 0.3) is 0 Å². The molecule has 0 saturated carbocycles. The number of nitriles is 1. The molecule has 8 heteroatoms. The largest absolute Gasteiger partial charge is 0.456 e. The van der Waals surface area contributed by atoms with Crippen molar-refractivity contribution in [2.45, 2.75) is 39.3 Å². The molecule has 0 amide bonds. The third kappa shape index (κ3) is 6.73. The van der Waals surface area contributed by atoms with Gasteiger partial charge >= 0.3 is 0 Å². The first-order valence-corrected chi connectivity index (χ1v) is 29.3. The number of benzene rings is 9.